The first kappa shape index (κ1) is 18.3. The summed E-state index contributed by atoms with van der Waals surface area (Å²) in [6.45, 7) is 1.84. The predicted molar refractivity (Wildman–Crippen MR) is 99.1 cm³/mol. The Balaban J connectivity index is 1.62. The van der Waals surface area contributed by atoms with Crippen LogP contribution < -0.4 is 11.4 Å². The molecule has 1 aliphatic heterocycles. The summed E-state index contributed by atoms with van der Waals surface area (Å²) in [4.78, 5) is 16.1. The minimum absolute atomic E-state index is 0.0547. The lowest BCUT2D eigenvalue weighted by atomic mass is 10.1. The van der Waals surface area contributed by atoms with Gasteiger partial charge in [0.2, 0.25) is 0 Å². The highest BCUT2D eigenvalue weighted by molar-refractivity contribution is 5.57. The highest BCUT2D eigenvalue weighted by Crippen LogP contribution is 2.28. The van der Waals surface area contributed by atoms with Crippen LogP contribution in [0.1, 0.15) is 18.7 Å². The average Bonchev–Trinajstić information content (AvgIpc) is 3.25. The van der Waals surface area contributed by atoms with Crippen molar-refractivity contribution in [2.24, 2.45) is 0 Å². The van der Waals surface area contributed by atoms with Gasteiger partial charge in [0.1, 0.15) is 23.7 Å². The van der Waals surface area contributed by atoms with Crippen molar-refractivity contribution in [3.8, 4) is 11.3 Å². The summed E-state index contributed by atoms with van der Waals surface area (Å²) in [5, 5.41) is 28.3. The molecule has 1 unspecified atom stereocenters. The second kappa shape index (κ2) is 7.15. The summed E-state index contributed by atoms with van der Waals surface area (Å²) in [6.07, 6.45) is -0.773. The summed E-state index contributed by atoms with van der Waals surface area (Å²) in [5.41, 5.74) is 7.37. The van der Waals surface area contributed by atoms with Gasteiger partial charge in [-0.25, -0.2) is 9.48 Å². The third kappa shape index (κ3) is 3.28. The molecule has 4 N–H and O–H groups in total. The molecule has 3 heterocycles. The number of aliphatic hydroxyl groups excluding tert-OH is 2. The number of anilines is 1. The Bertz CT molecular complexity index is 1030. The van der Waals surface area contributed by atoms with Crippen LogP contribution in [0.15, 0.2) is 47.5 Å². The van der Waals surface area contributed by atoms with Crippen LogP contribution in [0.4, 0.5) is 5.82 Å². The summed E-state index contributed by atoms with van der Waals surface area (Å²) >= 11 is 0. The van der Waals surface area contributed by atoms with Gasteiger partial charge in [-0.15, -0.1) is 5.10 Å². The van der Waals surface area contributed by atoms with Gasteiger partial charge in [-0.05, 0) is 6.92 Å². The molecule has 0 saturated carbocycles. The van der Waals surface area contributed by atoms with Gasteiger partial charge < -0.3 is 20.7 Å². The Morgan fingerprint density at radius 2 is 1.93 bits per heavy atom. The second-order valence-electron chi connectivity index (χ2n) is 6.72. The molecule has 1 fully saturated rings. The number of aliphatic hydroxyl groups is 2. The van der Waals surface area contributed by atoms with Gasteiger partial charge in [0.25, 0.3) is 0 Å². The van der Waals surface area contributed by atoms with E-state index in [1.807, 2.05) is 30.3 Å². The van der Waals surface area contributed by atoms with Crippen LogP contribution >= 0.6 is 0 Å². The average molecular weight is 384 g/mol. The molecule has 0 radical (unpaired) electrons. The maximum absolute atomic E-state index is 12.2. The molecule has 0 spiro atoms. The van der Waals surface area contributed by atoms with Crippen molar-refractivity contribution < 1.29 is 14.9 Å². The fourth-order valence-electron chi connectivity index (χ4n) is 3.17. The molecule has 0 amide bonds. The van der Waals surface area contributed by atoms with Gasteiger partial charge in [0, 0.05) is 17.3 Å². The van der Waals surface area contributed by atoms with Crippen molar-refractivity contribution in [1.29, 1.82) is 0 Å². The number of aromatic nitrogens is 5. The van der Waals surface area contributed by atoms with Crippen molar-refractivity contribution in [3.05, 3.63) is 58.8 Å². The standard InChI is InChI=1S/C18H20N6O4/c1-10-14(25)15(26)17(28-10)24-8-12(16(19)20-18(24)27)7-23-9-13(21-22-23)11-5-3-2-4-6-11/h2-6,8-10,14-15,17,25-26H,7H2,1H3,(H2,19,20,27)/t10-,14?,15+,17-/m1/s1. The molecule has 2 aromatic heterocycles. The van der Waals surface area contributed by atoms with Crippen LogP contribution in [0.25, 0.3) is 11.3 Å². The van der Waals surface area contributed by atoms with E-state index in [0.29, 0.717) is 11.3 Å². The molecule has 3 aromatic rings. The van der Waals surface area contributed by atoms with Gasteiger partial charge in [-0.2, -0.15) is 4.98 Å². The maximum Gasteiger partial charge on any atom is 0.351 e. The predicted octanol–water partition coefficient (Wildman–Crippen LogP) is -0.229. The number of nitrogens with zero attached hydrogens (tertiary/aromatic N) is 5. The number of hydrogen-bond acceptors (Lipinski definition) is 8. The minimum Gasteiger partial charge on any atom is -0.388 e. The lowest BCUT2D eigenvalue weighted by Crippen LogP contribution is -2.36. The largest absolute Gasteiger partial charge is 0.388 e. The number of nitrogen functional groups attached to an aromatic ring is 1. The topological polar surface area (TPSA) is 141 Å². The smallest absolute Gasteiger partial charge is 0.351 e. The van der Waals surface area contributed by atoms with E-state index < -0.39 is 30.2 Å². The highest BCUT2D eigenvalue weighted by atomic mass is 16.6. The SMILES string of the molecule is C[C@H]1O[C@@H](n2cc(Cn3cc(-c4ccccc4)nn3)c(N)nc2=O)[C@@H](O)C1O. The monoisotopic (exact) mass is 384 g/mol. The Labute approximate surface area is 159 Å². The van der Waals surface area contributed by atoms with Crippen LogP contribution in [-0.2, 0) is 11.3 Å². The minimum atomic E-state index is -1.25. The molecule has 10 heteroatoms. The van der Waals surface area contributed by atoms with Crippen molar-refractivity contribution >= 4 is 5.82 Å². The van der Waals surface area contributed by atoms with E-state index in [1.54, 1.807) is 17.8 Å². The van der Waals surface area contributed by atoms with Gasteiger partial charge >= 0.3 is 5.69 Å². The molecule has 0 aliphatic carbocycles. The molecular weight excluding hydrogens is 364 g/mol. The number of nitrogens with two attached hydrogens (primary N) is 1. The first-order valence-electron chi connectivity index (χ1n) is 8.78. The summed E-state index contributed by atoms with van der Waals surface area (Å²) in [6, 6.07) is 9.59. The third-order valence-electron chi connectivity index (χ3n) is 4.75. The number of benzene rings is 1. The van der Waals surface area contributed by atoms with E-state index in [4.69, 9.17) is 10.5 Å². The van der Waals surface area contributed by atoms with E-state index in [-0.39, 0.29) is 12.4 Å². The van der Waals surface area contributed by atoms with Gasteiger partial charge in [-0.1, -0.05) is 35.5 Å². The molecule has 10 nitrogen and oxygen atoms in total. The molecule has 1 saturated heterocycles. The van der Waals surface area contributed by atoms with Gasteiger partial charge in [-0.3, -0.25) is 4.57 Å². The van der Waals surface area contributed by atoms with Crippen LogP contribution in [-0.4, -0.2) is 53.1 Å². The van der Waals surface area contributed by atoms with Crippen LogP contribution in [0.5, 0.6) is 0 Å². The number of ether oxygens (including phenoxy) is 1. The normalized spacial score (nSPS) is 24.5. The second-order valence-corrected chi connectivity index (χ2v) is 6.72. The molecule has 146 valence electrons. The Kier molecular flexibility index (Phi) is 4.67. The van der Waals surface area contributed by atoms with E-state index in [1.165, 1.54) is 6.20 Å². The molecule has 4 atom stereocenters. The fraction of sp³-hybridized carbons (Fsp3) is 0.333. The Morgan fingerprint density at radius 1 is 1.18 bits per heavy atom. The zero-order valence-corrected chi connectivity index (χ0v) is 15.1. The maximum atomic E-state index is 12.2. The first-order chi connectivity index (χ1) is 13.4. The van der Waals surface area contributed by atoms with Crippen molar-refractivity contribution in [3.63, 3.8) is 0 Å². The molecule has 1 aliphatic rings. The summed E-state index contributed by atoms with van der Waals surface area (Å²) in [5.74, 6) is 0.0547. The number of hydrogen-bond donors (Lipinski definition) is 3. The van der Waals surface area contributed by atoms with E-state index in [2.05, 4.69) is 15.3 Å². The van der Waals surface area contributed by atoms with Crippen molar-refractivity contribution in [2.45, 2.75) is 38.0 Å². The molecular formula is C18H20N6O4. The molecule has 0 bridgehead atoms. The summed E-state index contributed by atoms with van der Waals surface area (Å²) < 4.78 is 8.22. The quantitative estimate of drug-likeness (QED) is 0.560. The Hall–Kier alpha value is -3.08. The van der Waals surface area contributed by atoms with Crippen LogP contribution in [0.3, 0.4) is 0 Å². The lowest BCUT2D eigenvalue weighted by Gasteiger charge is -2.18. The zero-order valence-electron chi connectivity index (χ0n) is 15.1. The highest BCUT2D eigenvalue weighted by Gasteiger charge is 2.42. The lowest BCUT2D eigenvalue weighted by molar-refractivity contribution is -0.0351. The fourth-order valence-corrected chi connectivity index (χ4v) is 3.17. The molecule has 1 aromatic carbocycles. The zero-order chi connectivity index (χ0) is 19.8. The van der Waals surface area contributed by atoms with E-state index in [9.17, 15) is 15.0 Å². The van der Waals surface area contributed by atoms with Crippen molar-refractivity contribution in [1.82, 2.24) is 24.5 Å². The Morgan fingerprint density at radius 3 is 2.61 bits per heavy atom. The van der Waals surface area contributed by atoms with E-state index >= 15 is 0 Å². The first-order valence-corrected chi connectivity index (χ1v) is 8.78. The summed E-state index contributed by atoms with van der Waals surface area (Å²) in [7, 11) is 0. The third-order valence-corrected chi connectivity index (χ3v) is 4.75. The molecule has 28 heavy (non-hydrogen) atoms. The van der Waals surface area contributed by atoms with Crippen LogP contribution in [0.2, 0.25) is 0 Å². The van der Waals surface area contributed by atoms with Gasteiger partial charge in [0.05, 0.1) is 18.8 Å². The number of rotatable bonds is 4. The van der Waals surface area contributed by atoms with Crippen LogP contribution in [0, 0.1) is 0 Å². The van der Waals surface area contributed by atoms with E-state index in [0.717, 1.165) is 10.1 Å². The molecule has 4 rings (SSSR count). The van der Waals surface area contributed by atoms with Crippen molar-refractivity contribution in [2.75, 3.05) is 5.73 Å². The van der Waals surface area contributed by atoms with Gasteiger partial charge in [0.15, 0.2) is 6.23 Å².